The van der Waals surface area contributed by atoms with Crippen LogP contribution in [0.4, 0.5) is 0 Å². The molecule has 156 valence electrons. The number of imidazole rings is 1. The number of nitrogens with one attached hydrogen (secondary N) is 3. The summed E-state index contributed by atoms with van der Waals surface area (Å²) in [6.45, 7) is 10.3. The number of hydrogen-bond donors (Lipinski definition) is 3. The highest BCUT2D eigenvalue weighted by atomic mass is 32.2. The second-order valence-electron chi connectivity index (χ2n) is 7.53. The van der Waals surface area contributed by atoms with E-state index in [1.54, 1.807) is 0 Å². The van der Waals surface area contributed by atoms with E-state index in [0.29, 0.717) is 12.5 Å². The van der Waals surface area contributed by atoms with Gasteiger partial charge in [0, 0.05) is 25.2 Å². The maximum absolute atomic E-state index is 11.5. The number of guanidine groups is 1. The topological polar surface area (TPSA) is 100 Å². The molecule has 8 nitrogen and oxygen atoms in total. The third-order valence-electron chi connectivity index (χ3n) is 4.13. The van der Waals surface area contributed by atoms with Crippen molar-refractivity contribution in [2.75, 3.05) is 25.9 Å². The number of fused-ring (bicyclic) bond motifs is 1. The zero-order valence-electron chi connectivity index (χ0n) is 17.4. The van der Waals surface area contributed by atoms with E-state index < -0.39 is 15.6 Å². The average molecular weight is 409 g/mol. The highest BCUT2D eigenvalue weighted by Crippen LogP contribution is 2.15. The Morgan fingerprint density at radius 1 is 1.25 bits per heavy atom. The van der Waals surface area contributed by atoms with Gasteiger partial charge in [-0.2, -0.15) is 0 Å². The molecular weight excluding hydrogens is 376 g/mol. The average Bonchev–Trinajstić information content (AvgIpc) is 2.90. The van der Waals surface area contributed by atoms with E-state index in [1.807, 2.05) is 45.9 Å². The van der Waals surface area contributed by atoms with E-state index >= 15 is 0 Å². The van der Waals surface area contributed by atoms with Crippen molar-refractivity contribution in [2.24, 2.45) is 4.99 Å². The third kappa shape index (κ3) is 6.79. The van der Waals surface area contributed by atoms with Crippen molar-refractivity contribution in [1.82, 2.24) is 24.9 Å². The summed E-state index contributed by atoms with van der Waals surface area (Å²) in [6.07, 6.45) is 2.07. The molecule has 0 bridgehead atoms. The first-order valence-electron chi connectivity index (χ1n) is 9.54. The van der Waals surface area contributed by atoms with E-state index in [9.17, 15) is 8.42 Å². The smallest absolute Gasteiger partial charge is 0.209 e. The van der Waals surface area contributed by atoms with Crippen molar-refractivity contribution in [3.05, 3.63) is 30.1 Å². The highest BCUT2D eigenvalue weighted by molar-refractivity contribution is 7.88. The number of aryl methyl sites for hydroxylation is 2. The van der Waals surface area contributed by atoms with Crippen LogP contribution in [0.1, 0.15) is 33.0 Å². The molecule has 0 aliphatic heterocycles. The lowest BCUT2D eigenvalue weighted by molar-refractivity contribution is 0.464. The number of sulfonamides is 1. The standard InChI is InChI=1S/C19H32N6O2S/c1-6-20-18(22-14-19(3,4)24-28(5,26)27)21-12-9-13-25-15(2)23-16-10-7-8-11-17(16)25/h7-8,10-11,24H,6,9,12-14H2,1-5H3,(H2,20,21,22). The van der Waals surface area contributed by atoms with Crippen LogP contribution in [-0.4, -0.2) is 55.4 Å². The van der Waals surface area contributed by atoms with Gasteiger partial charge >= 0.3 is 0 Å². The summed E-state index contributed by atoms with van der Waals surface area (Å²) in [5.74, 6) is 1.69. The summed E-state index contributed by atoms with van der Waals surface area (Å²) in [6, 6.07) is 8.14. The molecule has 0 unspecified atom stereocenters. The van der Waals surface area contributed by atoms with Crippen LogP contribution >= 0.6 is 0 Å². The van der Waals surface area contributed by atoms with Gasteiger partial charge < -0.3 is 15.2 Å². The fourth-order valence-corrected chi connectivity index (χ4v) is 4.14. The maximum atomic E-state index is 11.5. The summed E-state index contributed by atoms with van der Waals surface area (Å²) < 4.78 is 27.7. The summed E-state index contributed by atoms with van der Waals surface area (Å²) in [4.78, 5) is 9.11. The number of hydrogen-bond acceptors (Lipinski definition) is 4. The first-order chi connectivity index (χ1) is 13.1. The van der Waals surface area contributed by atoms with Crippen LogP contribution < -0.4 is 15.4 Å². The van der Waals surface area contributed by atoms with Crippen LogP contribution in [0.3, 0.4) is 0 Å². The lowest BCUT2D eigenvalue weighted by Gasteiger charge is -2.23. The summed E-state index contributed by atoms with van der Waals surface area (Å²) in [7, 11) is -3.28. The fraction of sp³-hybridized carbons (Fsp3) is 0.579. The van der Waals surface area contributed by atoms with Gasteiger partial charge in [-0.05, 0) is 46.2 Å². The van der Waals surface area contributed by atoms with Crippen LogP contribution in [0, 0.1) is 6.92 Å². The molecule has 0 aliphatic carbocycles. The van der Waals surface area contributed by atoms with Crippen molar-refractivity contribution < 1.29 is 8.42 Å². The molecular formula is C19H32N6O2S. The molecule has 9 heteroatoms. The molecule has 0 fully saturated rings. The predicted molar refractivity (Wildman–Crippen MR) is 115 cm³/mol. The quantitative estimate of drug-likeness (QED) is 0.333. The normalized spacial score (nSPS) is 13.1. The van der Waals surface area contributed by atoms with Crippen molar-refractivity contribution in [2.45, 2.75) is 46.2 Å². The minimum absolute atomic E-state index is 0.334. The Hall–Kier alpha value is -2.13. The SMILES string of the molecule is CCNC(=NCC(C)(C)NS(C)(=O)=O)NCCCn1c(C)nc2ccccc21. The van der Waals surface area contributed by atoms with E-state index in [1.165, 1.54) is 0 Å². The molecule has 1 aromatic carbocycles. The van der Waals surface area contributed by atoms with Crippen LogP contribution in [0.5, 0.6) is 0 Å². The largest absolute Gasteiger partial charge is 0.357 e. The molecule has 0 saturated carbocycles. The minimum Gasteiger partial charge on any atom is -0.357 e. The van der Waals surface area contributed by atoms with Crippen molar-refractivity contribution in [1.29, 1.82) is 0 Å². The molecule has 0 atom stereocenters. The number of nitrogens with zero attached hydrogens (tertiary/aromatic N) is 3. The number of aliphatic imine (C=N–C) groups is 1. The Labute approximate surface area is 167 Å². The zero-order chi connectivity index (χ0) is 20.8. The van der Waals surface area contributed by atoms with Gasteiger partial charge in [-0.25, -0.2) is 18.1 Å². The highest BCUT2D eigenvalue weighted by Gasteiger charge is 2.21. The fourth-order valence-electron chi connectivity index (χ4n) is 3.07. The van der Waals surface area contributed by atoms with Gasteiger partial charge in [-0.1, -0.05) is 12.1 Å². The van der Waals surface area contributed by atoms with Gasteiger partial charge in [-0.3, -0.25) is 4.99 Å². The van der Waals surface area contributed by atoms with E-state index in [4.69, 9.17) is 0 Å². The minimum atomic E-state index is -3.28. The molecule has 0 aliphatic rings. The molecule has 2 rings (SSSR count). The molecule has 0 spiro atoms. The van der Waals surface area contributed by atoms with Crippen LogP contribution in [0.25, 0.3) is 11.0 Å². The molecule has 0 radical (unpaired) electrons. The Morgan fingerprint density at radius 3 is 2.64 bits per heavy atom. The first kappa shape index (κ1) is 22.2. The van der Waals surface area contributed by atoms with Gasteiger partial charge in [0.05, 0.1) is 23.8 Å². The Bertz CT molecular complexity index is 918. The number of para-hydroxylation sites is 2. The van der Waals surface area contributed by atoms with E-state index in [2.05, 4.69) is 36.0 Å². The lowest BCUT2D eigenvalue weighted by Crippen LogP contribution is -2.46. The maximum Gasteiger partial charge on any atom is 0.209 e. The van der Waals surface area contributed by atoms with Gasteiger partial charge in [0.15, 0.2) is 5.96 Å². The molecule has 28 heavy (non-hydrogen) atoms. The summed E-state index contributed by atoms with van der Waals surface area (Å²) >= 11 is 0. The van der Waals surface area contributed by atoms with Gasteiger partial charge in [0.2, 0.25) is 10.0 Å². The van der Waals surface area contributed by atoms with Gasteiger partial charge in [0.25, 0.3) is 0 Å². The lowest BCUT2D eigenvalue weighted by atomic mass is 10.1. The van der Waals surface area contributed by atoms with Gasteiger partial charge in [0.1, 0.15) is 5.82 Å². The Balaban J connectivity index is 1.91. The zero-order valence-corrected chi connectivity index (χ0v) is 18.2. The van der Waals surface area contributed by atoms with Crippen molar-refractivity contribution in [3.63, 3.8) is 0 Å². The van der Waals surface area contributed by atoms with Gasteiger partial charge in [-0.15, -0.1) is 0 Å². The third-order valence-corrected chi connectivity index (χ3v) is 5.06. The monoisotopic (exact) mass is 408 g/mol. The molecule has 0 saturated heterocycles. The van der Waals surface area contributed by atoms with Crippen molar-refractivity contribution in [3.8, 4) is 0 Å². The predicted octanol–water partition coefficient (Wildman–Crippen LogP) is 1.62. The second kappa shape index (κ2) is 9.38. The Kier molecular flexibility index (Phi) is 7.42. The first-order valence-corrected chi connectivity index (χ1v) is 11.4. The molecule has 1 aromatic heterocycles. The molecule has 1 heterocycles. The summed E-state index contributed by atoms with van der Waals surface area (Å²) in [5, 5.41) is 6.51. The van der Waals surface area contributed by atoms with Crippen LogP contribution in [0.15, 0.2) is 29.3 Å². The van der Waals surface area contributed by atoms with E-state index in [-0.39, 0.29) is 0 Å². The number of aromatic nitrogens is 2. The number of rotatable bonds is 9. The van der Waals surface area contributed by atoms with Crippen LogP contribution in [0.2, 0.25) is 0 Å². The molecule has 3 N–H and O–H groups in total. The molecule has 2 aromatic rings. The van der Waals surface area contributed by atoms with Crippen molar-refractivity contribution >= 4 is 27.0 Å². The van der Waals surface area contributed by atoms with Crippen LogP contribution in [-0.2, 0) is 16.6 Å². The Morgan fingerprint density at radius 2 is 1.96 bits per heavy atom. The molecule has 0 amide bonds. The van der Waals surface area contributed by atoms with E-state index in [0.717, 1.165) is 49.2 Å². The summed E-state index contributed by atoms with van der Waals surface area (Å²) in [5.41, 5.74) is 1.51. The number of benzene rings is 1. The second-order valence-corrected chi connectivity index (χ2v) is 9.28.